The Morgan fingerprint density at radius 1 is 1.29 bits per heavy atom. The molecule has 7 heteroatoms. The Labute approximate surface area is 147 Å². The molecule has 0 spiro atoms. The molecule has 0 bridgehead atoms. The lowest BCUT2D eigenvalue weighted by molar-refractivity contribution is 0.149. The first-order valence-electron chi connectivity index (χ1n) is 8.29. The highest BCUT2D eigenvalue weighted by Crippen LogP contribution is 2.25. The lowest BCUT2D eigenvalue weighted by Gasteiger charge is -2.32. The summed E-state index contributed by atoms with van der Waals surface area (Å²) in [5, 5.41) is 3.90. The number of halogens is 1. The van der Waals surface area contributed by atoms with E-state index in [0.29, 0.717) is 29.4 Å². The van der Waals surface area contributed by atoms with Crippen LogP contribution in [0.2, 0.25) is 5.02 Å². The molecule has 0 unspecified atom stereocenters. The summed E-state index contributed by atoms with van der Waals surface area (Å²) in [6.45, 7) is 5.96. The van der Waals surface area contributed by atoms with Gasteiger partial charge in [0.05, 0.1) is 6.54 Å². The van der Waals surface area contributed by atoms with Crippen molar-refractivity contribution in [3.05, 3.63) is 34.6 Å². The SMILES string of the molecule is Cc1c(Cl)cccc1Nc1nc(N)nc(CN2CCCC[C@H]2C)n1. The number of anilines is 3. The van der Waals surface area contributed by atoms with E-state index in [1.807, 2.05) is 25.1 Å². The Hall–Kier alpha value is -1.92. The number of rotatable bonds is 4. The van der Waals surface area contributed by atoms with Gasteiger partial charge < -0.3 is 11.1 Å². The van der Waals surface area contributed by atoms with Gasteiger partial charge in [-0.15, -0.1) is 0 Å². The van der Waals surface area contributed by atoms with E-state index in [4.69, 9.17) is 17.3 Å². The Morgan fingerprint density at radius 2 is 2.12 bits per heavy atom. The van der Waals surface area contributed by atoms with Crippen LogP contribution >= 0.6 is 11.6 Å². The molecule has 1 aliphatic rings. The Bertz CT molecular complexity index is 720. The molecular weight excluding hydrogens is 324 g/mol. The third kappa shape index (κ3) is 3.94. The molecule has 3 rings (SSSR count). The minimum atomic E-state index is 0.229. The normalized spacial score (nSPS) is 18.5. The first-order valence-corrected chi connectivity index (χ1v) is 8.67. The molecule has 2 aromatic rings. The summed E-state index contributed by atoms with van der Waals surface area (Å²) in [5.41, 5.74) is 7.69. The maximum Gasteiger partial charge on any atom is 0.232 e. The van der Waals surface area contributed by atoms with E-state index in [1.165, 1.54) is 19.3 Å². The highest BCUT2D eigenvalue weighted by molar-refractivity contribution is 6.31. The molecule has 1 aromatic heterocycles. The summed E-state index contributed by atoms with van der Waals surface area (Å²) in [5.74, 6) is 1.37. The molecule has 0 aliphatic carbocycles. The fraction of sp³-hybridized carbons (Fsp3) is 0.471. The van der Waals surface area contributed by atoms with E-state index in [2.05, 4.69) is 32.1 Å². The van der Waals surface area contributed by atoms with E-state index in [9.17, 15) is 0 Å². The van der Waals surface area contributed by atoms with Crippen LogP contribution < -0.4 is 11.1 Å². The third-order valence-corrected chi connectivity index (χ3v) is 4.91. The first kappa shape index (κ1) is 16.9. The van der Waals surface area contributed by atoms with E-state index < -0.39 is 0 Å². The summed E-state index contributed by atoms with van der Waals surface area (Å²) >= 11 is 6.16. The van der Waals surface area contributed by atoms with Gasteiger partial charge in [-0.3, -0.25) is 4.90 Å². The average Bonchev–Trinajstić information content (AvgIpc) is 2.54. The van der Waals surface area contributed by atoms with E-state index in [1.54, 1.807) is 0 Å². The maximum atomic E-state index is 6.16. The van der Waals surface area contributed by atoms with Gasteiger partial charge in [-0.25, -0.2) is 0 Å². The first-order chi connectivity index (χ1) is 11.5. The number of nitrogens with zero attached hydrogens (tertiary/aromatic N) is 4. The number of benzene rings is 1. The number of likely N-dealkylation sites (tertiary alicyclic amines) is 1. The van der Waals surface area contributed by atoms with Crippen molar-refractivity contribution >= 4 is 29.2 Å². The molecule has 0 saturated carbocycles. The summed E-state index contributed by atoms with van der Waals surface area (Å²) < 4.78 is 0. The zero-order valence-corrected chi connectivity index (χ0v) is 14.8. The molecule has 0 amide bonds. The van der Waals surface area contributed by atoms with Crippen molar-refractivity contribution in [3.63, 3.8) is 0 Å². The van der Waals surface area contributed by atoms with Crippen molar-refractivity contribution in [2.45, 2.75) is 45.7 Å². The molecule has 6 nitrogen and oxygen atoms in total. The van der Waals surface area contributed by atoms with Gasteiger partial charge in [0.25, 0.3) is 0 Å². The topological polar surface area (TPSA) is 80.0 Å². The van der Waals surface area contributed by atoms with Crippen molar-refractivity contribution < 1.29 is 0 Å². The van der Waals surface area contributed by atoms with Gasteiger partial charge in [0.15, 0.2) is 0 Å². The second-order valence-corrected chi connectivity index (χ2v) is 6.69. The predicted octanol–water partition coefficient (Wildman–Crippen LogP) is 3.53. The zero-order chi connectivity index (χ0) is 17.1. The van der Waals surface area contributed by atoms with Gasteiger partial charge in [0.1, 0.15) is 5.82 Å². The minimum Gasteiger partial charge on any atom is -0.368 e. The smallest absolute Gasteiger partial charge is 0.232 e. The van der Waals surface area contributed by atoms with Crippen molar-refractivity contribution in [2.24, 2.45) is 0 Å². The van der Waals surface area contributed by atoms with Crippen LogP contribution in [0.15, 0.2) is 18.2 Å². The Morgan fingerprint density at radius 3 is 2.92 bits per heavy atom. The van der Waals surface area contributed by atoms with Crippen LogP contribution in [0.5, 0.6) is 0 Å². The monoisotopic (exact) mass is 346 g/mol. The van der Waals surface area contributed by atoms with E-state index in [0.717, 1.165) is 17.8 Å². The van der Waals surface area contributed by atoms with Gasteiger partial charge in [-0.05, 0) is 50.9 Å². The van der Waals surface area contributed by atoms with Crippen LogP contribution in [0.25, 0.3) is 0 Å². The van der Waals surface area contributed by atoms with Crippen molar-refractivity contribution in [1.82, 2.24) is 19.9 Å². The van der Waals surface area contributed by atoms with Crippen LogP contribution in [-0.4, -0.2) is 32.4 Å². The van der Waals surface area contributed by atoms with Crippen molar-refractivity contribution in [1.29, 1.82) is 0 Å². The van der Waals surface area contributed by atoms with Gasteiger partial charge >= 0.3 is 0 Å². The van der Waals surface area contributed by atoms with Crippen molar-refractivity contribution in [3.8, 4) is 0 Å². The summed E-state index contributed by atoms with van der Waals surface area (Å²) in [4.78, 5) is 15.4. The second-order valence-electron chi connectivity index (χ2n) is 6.29. The molecule has 1 aliphatic heterocycles. The second kappa shape index (κ2) is 7.32. The lowest BCUT2D eigenvalue weighted by atomic mass is 10.0. The van der Waals surface area contributed by atoms with Crippen LogP contribution in [-0.2, 0) is 6.54 Å². The molecule has 1 fully saturated rings. The third-order valence-electron chi connectivity index (χ3n) is 4.50. The number of hydrogen-bond donors (Lipinski definition) is 2. The highest BCUT2D eigenvalue weighted by Gasteiger charge is 2.20. The Kier molecular flexibility index (Phi) is 5.16. The van der Waals surface area contributed by atoms with Gasteiger partial charge in [0, 0.05) is 16.8 Å². The fourth-order valence-electron chi connectivity index (χ4n) is 3.00. The fourth-order valence-corrected chi connectivity index (χ4v) is 3.18. The van der Waals surface area contributed by atoms with Gasteiger partial charge in [-0.2, -0.15) is 15.0 Å². The molecule has 1 atom stereocenters. The molecule has 1 aromatic carbocycles. The van der Waals surface area contributed by atoms with Crippen LogP contribution in [0, 0.1) is 6.92 Å². The number of aromatic nitrogens is 3. The molecule has 2 heterocycles. The lowest BCUT2D eigenvalue weighted by Crippen LogP contribution is -2.37. The van der Waals surface area contributed by atoms with Gasteiger partial charge in [0.2, 0.25) is 11.9 Å². The predicted molar refractivity (Wildman–Crippen MR) is 97.4 cm³/mol. The van der Waals surface area contributed by atoms with Gasteiger partial charge in [-0.1, -0.05) is 24.1 Å². The average molecular weight is 347 g/mol. The Balaban J connectivity index is 1.79. The van der Waals surface area contributed by atoms with Crippen LogP contribution in [0.3, 0.4) is 0 Å². The van der Waals surface area contributed by atoms with E-state index >= 15 is 0 Å². The number of nitrogen functional groups attached to an aromatic ring is 1. The quantitative estimate of drug-likeness (QED) is 0.881. The minimum absolute atomic E-state index is 0.229. The molecule has 0 radical (unpaired) electrons. The highest BCUT2D eigenvalue weighted by atomic mass is 35.5. The molecule has 3 N–H and O–H groups in total. The van der Waals surface area contributed by atoms with Crippen LogP contribution in [0.4, 0.5) is 17.6 Å². The number of piperidine rings is 1. The van der Waals surface area contributed by atoms with E-state index in [-0.39, 0.29) is 5.95 Å². The molecule has 24 heavy (non-hydrogen) atoms. The van der Waals surface area contributed by atoms with Crippen LogP contribution in [0.1, 0.15) is 37.6 Å². The molecule has 1 saturated heterocycles. The molecular formula is C17H23ClN6. The standard InChI is InChI=1S/C17H23ClN6/c1-11-6-3-4-9-24(11)10-15-21-16(19)23-17(22-15)20-14-8-5-7-13(18)12(14)2/h5,7-8,11H,3-4,6,9-10H2,1-2H3,(H3,19,20,21,22,23)/t11-/m1/s1. The summed E-state index contributed by atoms with van der Waals surface area (Å²) in [6.07, 6.45) is 3.73. The summed E-state index contributed by atoms with van der Waals surface area (Å²) in [6, 6.07) is 6.22. The largest absolute Gasteiger partial charge is 0.368 e. The molecule has 128 valence electrons. The number of nitrogens with two attached hydrogens (primary N) is 1. The number of hydrogen-bond acceptors (Lipinski definition) is 6. The number of nitrogens with one attached hydrogen (secondary N) is 1. The zero-order valence-electron chi connectivity index (χ0n) is 14.1. The summed E-state index contributed by atoms with van der Waals surface area (Å²) in [7, 11) is 0. The van der Waals surface area contributed by atoms with Crippen molar-refractivity contribution in [2.75, 3.05) is 17.6 Å². The maximum absolute atomic E-state index is 6.16.